The summed E-state index contributed by atoms with van der Waals surface area (Å²) in [5, 5.41) is 84.3. The van der Waals surface area contributed by atoms with E-state index in [0.717, 1.165) is 25.6 Å². The van der Waals surface area contributed by atoms with E-state index in [1.165, 1.54) is 38.1 Å². The lowest BCUT2D eigenvalue weighted by Gasteiger charge is -2.29. The van der Waals surface area contributed by atoms with Crippen LogP contribution < -0.4 is 126 Å². The lowest BCUT2D eigenvalue weighted by molar-refractivity contribution is -0.145. The van der Waals surface area contributed by atoms with E-state index < -0.39 is 334 Å². The van der Waals surface area contributed by atoms with E-state index >= 15 is 0 Å². The number of aliphatic carboxylic acids is 4. The minimum atomic E-state index is -2.15. The first-order valence-corrected chi connectivity index (χ1v) is 45.1. The van der Waals surface area contributed by atoms with Crippen LogP contribution in [-0.4, -0.2) is 295 Å². The average Bonchev–Trinajstić information content (AvgIpc) is 0.852. The molecular weight excluding hydrogens is 1830 g/mol. The number of nitrogens with one attached hydrogen (secondary N) is 15. The summed E-state index contributed by atoms with van der Waals surface area (Å²) < 4.78 is 0. The number of unbranched alkanes of at least 4 members (excludes halogenated alkanes) is 2. The van der Waals surface area contributed by atoms with Gasteiger partial charge in [0.25, 0.3) is 0 Å². The Bertz CT molecular complexity index is 4520. The molecule has 760 valence electrons. The van der Waals surface area contributed by atoms with Gasteiger partial charge in [0.2, 0.25) is 118 Å². The average molecular weight is 1960 g/mol. The molecule has 0 aliphatic heterocycles. The maximum atomic E-state index is 14.8. The van der Waals surface area contributed by atoms with Gasteiger partial charge in [0.1, 0.15) is 84.6 Å². The first-order valence-electron chi connectivity index (χ1n) is 43.7. The van der Waals surface area contributed by atoms with Crippen molar-refractivity contribution in [2.75, 3.05) is 25.1 Å². The van der Waals surface area contributed by atoms with E-state index in [0.29, 0.717) is 17.5 Å². The van der Waals surface area contributed by atoms with Crippen LogP contribution in [0.25, 0.3) is 0 Å². The summed E-state index contributed by atoms with van der Waals surface area (Å²) >= 11 is 1.13. The monoisotopic (exact) mass is 1960 g/mol. The van der Waals surface area contributed by atoms with Gasteiger partial charge in [-0.15, -0.1) is 0 Å². The fourth-order valence-electron chi connectivity index (χ4n) is 13.1. The summed E-state index contributed by atoms with van der Waals surface area (Å²) in [4.78, 5) is 323. The lowest BCUT2D eigenvalue weighted by Crippen LogP contribution is -2.61. The number of aliphatic hydroxyl groups excluding tert-OH is 1. The minimum Gasteiger partial charge on any atom is -0.481 e. The Morgan fingerprint density at radius 3 is 0.898 bits per heavy atom. The van der Waals surface area contributed by atoms with E-state index in [1.54, 1.807) is 42.7 Å². The molecule has 0 heterocycles. The van der Waals surface area contributed by atoms with Gasteiger partial charge in [0, 0.05) is 44.9 Å². The Labute approximate surface area is 791 Å². The molecule has 0 fully saturated rings. The van der Waals surface area contributed by atoms with E-state index in [4.69, 9.17) is 45.9 Å². The number of primary amides is 5. The molecule has 36 N–H and O–H groups in total. The molecule has 0 aliphatic carbocycles. The number of aliphatic hydroxyl groups is 1. The Morgan fingerprint density at radius 1 is 0.299 bits per heavy atom. The van der Waals surface area contributed by atoms with E-state index in [1.807, 2.05) is 0 Å². The van der Waals surface area contributed by atoms with E-state index in [2.05, 4.69) is 79.8 Å². The number of carboxylic acid groups (broad SMARTS) is 4. The highest BCUT2D eigenvalue weighted by molar-refractivity contribution is 7.98. The Hall–Kier alpha value is -14.1. The van der Waals surface area contributed by atoms with Gasteiger partial charge < -0.3 is 151 Å². The van der Waals surface area contributed by atoms with Crippen molar-refractivity contribution >= 4 is 154 Å². The second-order valence-corrected chi connectivity index (χ2v) is 33.4. The number of carbonyl (C=O) groups excluding carboxylic acids is 20. The van der Waals surface area contributed by atoms with Crippen LogP contribution in [0.1, 0.15) is 167 Å². The third kappa shape index (κ3) is 47.1. The van der Waals surface area contributed by atoms with Crippen molar-refractivity contribution in [1.29, 1.82) is 0 Å². The van der Waals surface area contributed by atoms with Crippen molar-refractivity contribution in [1.82, 2.24) is 79.8 Å². The summed E-state index contributed by atoms with van der Waals surface area (Å²) in [5.74, 6) is -30.4. The standard InChI is InChI=1S/C84H129N23O29S/c1-41(2)67(83(134)107-68(43(4)108)84(135)136)106-78(129)48(21-13-15-34-86)97-73(124)52(25-30-64(114)115)99-77(128)54(32-35-137-5)101-82(133)58(40-66(118)119)105-75(126)49(22-27-59(88)109)94-69(120)42(3)93-79(130)55(36-44-16-8-6-9-17-44)102-71(122)47(20-12-14-33-85)96-72(123)51(24-29-61(90)111)98-74(125)53(26-31-65(116)117)100-81(132)57(39-63(92)113)104-80(131)56(37-45-18-10-7-11-19-45)103-76(127)50(23-28-60(89)110)95-70(121)46(87)38-62(91)112/h6-11,16-19,41-43,46-58,67-68,108H,12-15,20-40,85-87H2,1-5H3,(H2,88,109)(H2,89,110)(H2,90,111)(H2,91,112)(H2,92,113)(H,93,130)(H,94,120)(H,95,121)(H,96,123)(H,97,124)(H,98,125)(H,99,128)(H,100,132)(H,101,133)(H,102,122)(H,103,127)(H,104,131)(H,105,126)(H,106,129)(H,107,134)(H,114,115)(H,116,117)(H,118,119)(H,135,136)/t42-,43+,46-,47-,48-,49-,50-,51-,52-,53-,54-,55-,56-,57-,58-,67-,68-/m0/s1. The molecule has 0 bridgehead atoms. The minimum absolute atomic E-state index is 0.0256. The fourth-order valence-corrected chi connectivity index (χ4v) is 13.6. The van der Waals surface area contributed by atoms with Crippen molar-refractivity contribution < 1.29 is 141 Å². The quantitative estimate of drug-likeness (QED) is 0.0274. The highest BCUT2D eigenvalue weighted by Gasteiger charge is 2.41. The van der Waals surface area contributed by atoms with Crippen LogP contribution in [0.3, 0.4) is 0 Å². The zero-order valence-corrected chi connectivity index (χ0v) is 77.2. The lowest BCUT2D eigenvalue weighted by atomic mass is 10.0. The highest BCUT2D eigenvalue weighted by Crippen LogP contribution is 2.16. The van der Waals surface area contributed by atoms with E-state index in [9.17, 15) is 141 Å². The molecule has 0 saturated carbocycles. The summed E-state index contributed by atoms with van der Waals surface area (Å²) in [7, 11) is 0. The van der Waals surface area contributed by atoms with Crippen molar-refractivity contribution in [3.8, 4) is 0 Å². The molecule has 2 aromatic carbocycles. The maximum Gasteiger partial charge on any atom is 0.328 e. The zero-order chi connectivity index (χ0) is 103. The Morgan fingerprint density at radius 2 is 0.584 bits per heavy atom. The number of carbonyl (C=O) groups is 24. The van der Waals surface area contributed by atoms with Crippen LogP contribution in [-0.2, 0) is 128 Å². The van der Waals surface area contributed by atoms with Crippen LogP contribution in [0.2, 0.25) is 0 Å². The Kier molecular flexibility index (Phi) is 54.2. The normalized spacial score (nSPS) is 14.7. The van der Waals surface area contributed by atoms with Crippen LogP contribution in [0.5, 0.6) is 0 Å². The SMILES string of the molecule is CSCC[C@H](NC(=O)[C@H](CC(=O)O)NC(=O)[C@H](CCC(N)=O)NC(=O)[C@H](C)NC(=O)[C@H](Cc1ccccc1)NC(=O)[C@H](CCCCN)NC(=O)[C@H](CCC(N)=O)NC(=O)[C@H](CCC(=O)O)NC(=O)[C@H](CC(N)=O)NC(=O)[C@H](Cc1ccccc1)NC(=O)[C@H](CCC(N)=O)NC(=O)[C@@H](N)CC(N)=O)C(=O)N[C@@H](CCC(=O)O)C(=O)N[C@@H](CCCCN)C(=O)N[C@H](C(=O)N[C@H](C(=O)O)[C@@H](C)O)C(C)C. The molecule has 0 radical (unpaired) electrons. The van der Waals surface area contributed by atoms with Gasteiger partial charge in [-0.25, -0.2) is 4.79 Å². The third-order valence-electron chi connectivity index (χ3n) is 20.6. The van der Waals surface area contributed by atoms with Gasteiger partial charge in [0.15, 0.2) is 6.04 Å². The van der Waals surface area contributed by atoms with Gasteiger partial charge in [-0.1, -0.05) is 74.5 Å². The fraction of sp³-hybridized carbons (Fsp3) is 0.571. The number of benzene rings is 2. The summed E-state index contributed by atoms with van der Waals surface area (Å²) in [6.07, 6.45) is -10.7. The van der Waals surface area contributed by atoms with Gasteiger partial charge in [-0.3, -0.25) is 110 Å². The molecular formula is C84H129N23O29S. The first kappa shape index (κ1) is 119. The number of hydrogen-bond acceptors (Lipinski definition) is 29. The van der Waals surface area contributed by atoms with E-state index in [-0.39, 0.29) is 70.2 Å². The van der Waals surface area contributed by atoms with Crippen LogP contribution in [0.15, 0.2) is 60.7 Å². The zero-order valence-electron chi connectivity index (χ0n) is 76.4. The van der Waals surface area contributed by atoms with Gasteiger partial charge >= 0.3 is 23.9 Å². The molecule has 2 aromatic rings. The molecule has 0 saturated heterocycles. The maximum absolute atomic E-state index is 14.8. The van der Waals surface area contributed by atoms with Gasteiger partial charge in [-0.2, -0.15) is 11.8 Å². The molecule has 2 rings (SSSR count). The molecule has 53 heteroatoms. The van der Waals surface area contributed by atoms with Crippen molar-refractivity contribution in [3.05, 3.63) is 71.8 Å². The first-order chi connectivity index (χ1) is 64.4. The largest absolute Gasteiger partial charge is 0.481 e. The number of amides is 20. The molecule has 20 amide bonds. The molecule has 137 heavy (non-hydrogen) atoms. The number of hydrogen-bond donors (Lipinski definition) is 28. The molecule has 0 aromatic heterocycles. The molecule has 17 atom stereocenters. The molecule has 52 nitrogen and oxygen atoms in total. The Balaban J connectivity index is 2.63. The number of carboxylic acids is 4. The third-order valence-corrected chi connectivity index (χ3v) is 21.2. The highest BCUT2D eigenvalue weighted by atomic mass is 32.2. The summed E-state index contributed by atoms with van der Waals surface area (Å²) in [6.45, 7) is 5.31. The molecule has 0 spiro atoms. The second-order valence-electron chi connectivity index (χ2n) is 32.4. The topological polar surface area (TPSA) is 899 Å². The second kappa shape index (κ2) is 62.5. The van der Waals surface area contributed by atoms with Gasteiger partial charge in [0.05, 0.1) is 31.4 Å². The predicted molar refractivity (Wildman–Crippen MR) is 485 cm³/mol. The predicted octanol–water partition coefficient (Wildman–Crippen LogP) is -10.0. The number of thioether (sulfide) groups is 1. The van der Waals surface area contributed by atoms with Crippen LogP contribution in [0, 0.1) is 5.92 Å². The van der Waals surface area contributed by atoms with Crippen molar-refractivity contribution in [2.24, 2.45) is 51.8 Å². The van der Waals surface area contributed by atoms with Crippen molar-refractivity contribution in [2.45, 2.75) is 272 Å². The summed E-state index contributed by atoms with van der Waals surface area (Å²) in [5.41, 5.74) is 45.0. The number of nitrogens with two attached hydrogens (primary N) is 8. The molecule has 0 unspecified atom stereocenters. The molecule has 0 aliphatic rings. The van der Waals surface area contributed by atoms with Crippen LogP contribution in [0.4, 0.5) is 0 Å². The number of rotatable bonds is 69. The van der Waals surface area contributed by atoms with Gasteiger partial charge in [-0.05, 0) is 133 Å². The van der Waals surface area contributed by atoms with Crippen molar-refractivity contribution in [3.63, 3.8) is 0 Å². The van der Waals surface area contributed by atoms with Crippen LogP contribution >= 0.6 is 11.8 Å². The smallest absolute Gasteiger partial charge is 0.328 e. The summed E-state index contributed by atoms with van der Waals surface area (Å²) in [6, 6.07) is -13.1.